The van der Waals surface area contributed by atoms with Crippen LogP contribution in [0.4, 0.5) is 5.69 Å². The third kappa shape index (κ3) is 2.02. The number of amides is 1. The topological polar surface area (TPSA) is 49.4 Å². The first-order chi connectivity index (χ1) is 10.5. The van der Waals surface area contributed by atoms with E-state index >= 15 is 0 Å². The van der Waals surface area contributed by atoms with Gasteiger partial charge in [0, 0.05) is 18.1 Å². The molecule has 1 saturated heterocycles. The van der Waals surface area contributed by atoms with Crippen LogP contribution in [0.25, 0.3) is 5.57 Å². The van der Waals surface area contributed by atoms with E-state index in [1.807, 2.05) is 36.1 Å². The van der Waals surface area contributed by atoms with E-state index in [0.717, 1.165) is 48.3 Å². The minimum absolute atomic E-state index is 0.000556. The van der Waals surface area contributed by atoms with Crippen molar-refractivity contribution < 1.29 is 9.59 Å². The summed E-state index contributed by atoms with van der Waals surface area (Å²) in [5.41, 5.74) is 3.25. The van der Waals surface area contributed by atoms with Gasteiger partial charge in [0.1, 0.15) is 0 Å². The minimum atomic E-state index is -0.499. The molecule has 1 fully saturated rings. The molecule has 1 spiro atoms. The number of ketones is 1. The van der Waals surface area contributed by atoms with Crippen molar-refractivity contribution in [3.63, 3.8) is 0 Å². The molecule has 0 radical (unpaired) electrons. The SMILES string of the molecule is CC(=O)C1=C(C)c2ccccc2N(C(C)=O)C12CCNCC2. The van der Waals surface area contributed by atoms with Gasteiger partial charge in [-0.2, -0.15) is 0 Å². The van der Waals surface area contributed by atoms with Crippen LogP contribution in [0.5, 0.6) is 0 Å². The highest BCUT2D eigenvalue weighted by atomic mass is 16.2. The van der Waals surface area contributed by atoms with Crippen LogP contribution in [-0.2, 0) is 9.59 Å². The van der Waals surface area contributed by atoms with Gasteiger partial charge in [-0.3, -0.25) is 9.59 Å². The summed E-state index contributed by atoms with van der Waals surface area (Å²) in [6, 6.07) is 7.90. The number of para-hydroxylation sites is 1. The van der Waals surface area contributed by atoms with Gasteiger partial charge in [-0.05, 0) is 51.4 Å². The van der Waals surface area contributed by atoms with E-state index in [1.54, 1.807) is 13.8 Å². The Morgan fingerprint density at radius 1 is 1.14 bits per heavy atom. The number of allylic oxidation sites excluding steroid dienone is 1. The Balaban J connectivity index is 2.33. The second kappa shape index (κ2) is 5.36. The molecule has 22 heavy (non-hydrogen) atoms. The van der Waals surface area contributed by atoms with Gasteiger partial charge in [-0.1, -0.05) is 18.2 Å². The lowest BCUT2D eigenvalue weighted by Gasteiger charge is -2.51. The number of nitrogens with one attached hydrogen (secondary N) is 1. The first-order valence-electron chi connectivity index (χ1n) is 7.82. The third-order valence-electron chi connectivity index (χ3n) is 4.92. The summed E-state index contributed by atoms with van der Waals surface area (Å²) in [6.45, 7) is 6.86. The summed E-state index contributed by atoms with van der Waals surface area (Å²) in [5, 5.41) is 3.34. The van der Waals surface area contributed by atoms with Crippen molar-refractivity contribution in [3.05, 3.63) is 35.4 Å². The van der Waals surface area contributed by atoms with Crippen molar-refractivity contribution in [2.45, 2.75) is 39.2 Å². The van der Waals surface area contributed by atoms with Crippen LogP contribution in [0.2, 0.25) is 0 Å². The molecule has 0 atom stereocenters. The first-order valence-corrected chi connectivity index (χ1v) is 7.82. The summed E-state index contributed by atoms with van der Waals surface area (Å²) >= 11 is 0. The van der Waals surface area contributed by atoms with E-state index in [-0.39, 0.29) is 11.7 Å². The Morgan fingerprint density at radius 3 is 2.36 bits per heavy atom. The van der Waals surface area contributed by atoms with Gasteiger partial charge in [0.25, 0.3) is 0 Å². The summed E-state index contributed by atoms with van der Waals surface area (Å²) in [5.74, 6) is 0.0701. The molecule has 2 aliphatic heterocycles. The molecule has 0 unspecified atom stereocenters. The largest absolute Gasteiger partial charge is 0.317 e. The van der Waals surface area contributed by atoms with Crippen LogP contribution in [0.15, 0.2) is 29.8 Å². The van der Waals surface area contributed by atoms with Crippen LogP contribution < -0.4 is 10.2 Å². The highest BCUT2D eigenvalue weighted by Gasteiger charge is 2.49. The van der Waals surface area contributed by atoms with E-state index < -0.39 is 5.54 Å². The van der Waals surface area contributed by atoms with E-state index in [9.17, 15) is 9.59 Å². The number of anilines is 1. The number of nitrogens with zero attached hydrogens (tertiary/aromatic N) is 1. The van der Waals surface area contributed by atoms with Crippen LogP contribution in [0.1, 0.15) is 39.2 Å². The maximum atomic E-state index is 12.5. The van der Waals surface area contributed by atoms with Gasteiger partial charge >= 0.3 is 0 Å². The maximum Gasteiger partial charge on any atom is 0.224 e. The zero-order valence-corrected chi connectivity index (χ0v) is 13.4. The monoisotopic (exact) mass is 298 g/mol. The third-order valence-corrected chi connectivity index (χ3v) is 4.92. The van der Waals surface area contributed by atoms with Crippen molar-refractivity contribution in [3.8, 4) is 0 Å². The van der Waals surface area contributed by atoms with Crippen molar-refractivity contribution in [1.29, 1.82) is 0 Å². The maximum absolute atomic E-state index is 12.5. The zero-order valence-electron chi connectivity index (χ0n) is 13.4. The number of piperidine rings is 1. The number of fused-ring (bicyclic) bond motifs is 1. The van der Waals surface area contributed by atoms with E-state index in [0.29, 0.717) is 0 Å². The molecule has 1 aromatic carbocycles. The lowest BCUT2D eigenvalue weighted by Crippen LogP contribution is -2.60. The lowest BCUT2D eigenvalue weighted by molar-refractivity contribution is -0.118. The Morgan fingerprint density at radius 2 is 1.77 bits per heavy atom. The number of rotatable bonds is 1. The first kappa shape index (κ1) is 15.0. The minimum Gasteiger partial charge on any atom is -0.317 e. The molecule has 4 nitrogen and oxygen atoms in total. The Hall–Kier alpha value is -1.94. The van der Waals surface area contributed by atoms with Crippen LogP contribution in [0.3, 0.4) is 0 Å². The number of carbonyl (C=O) groups is 2. The van der Waals surface area contributed by atoms with Gasteiger partial charge < -0.3 is 10.2 Å². The highest BCUT2D eigenvalue weighted by Crippen LogP contribution is 2.47. The molecule has 116 valence electrons. The second-order valence-corrected chi connectivity index (χ2v) is 6.21. The Labute approximate surface area is 131 Å². The Kier molecular flexibility index (Phi) is 3.65. The van der Waals surface area contributed by atoms with Gasteiger partial charge in [0.05, 0.1) is 11.2 Å². The second-order valence-electron chi connectivity index (χ2n) is 6.21. The Bertz CT molecular complexity index is 669. The average molecular weight is 298 g/mol. The molecule has 1 amide bonds. The van der Waals surface area contributed by atoms with Crippen LogP contribution in [-0.4, -0.2) is 30.3 Å². The fourth-order valence-corrected chi connectivity index (χ4v) is 4.19. The predicted octanol–water partition coefficient (Wildman–Crippen LogP) is 2.54. The highest BCUT2D eigenvalue weighted by molar-refractivity contribution is 6.11. The van der Waals surface area contributed by atoms with Crippen molar-refractivity contribution in [1.82, 2.24) is 5.32 Å². The predicted molar refractivity (Wildman–Crippen MR) is 87.7 cm³/mol. The van der Waals surface area contributed by atoms with Gasteiger partial charge in [-0.25, -0.2) is 0 Å². The molecular formula is C18H22N2O2. The molecule has 2 aliphatic rings. The molecule has 0 aliphatic carbocycles. The number of Topliss-reactive ketones (excluding diaryl/α,β-unsaturated/α-hetero) is 1. The quantitative estimate of drug-likeness (QED) is 0.867. The number of hydrogen-bond donors (Lipinski definition) is 1. The standard InChI is InChI=1S/C18H22N2O2/c1-12-15-6-4-5-7-16(15)20(14(3)22)18(17(12)13(2)21)8-10-19-11-9-18/h4-7,19H,8-11H2,1-3H3. The van der Waals surface area contributed by atoms with Gasteiger partial charge in [0.2, 0.25) is 5.91 Å². The van der Waals surface area contributed by atoms with Gasteiger partial charge in [0.15, 0.2) is 5.78 Å². The molecular weight excluding hydrogens is 276 g/mol. The molecule has 1 aromatic rings. The smallest absolute Gasteiger partial charge is 0.224 e. The van der Waals surface area contributed by atoms with Crippen molar-refractivity contribution in [2.24, 2.45) is 0 Å². The summed E-state index contributed by atoms with van der Waals surface area (Å²) in [6.07, 6.45) is 1.54. The normalized spacial score (nSPS) is 20.0. The molecule has 4 heteroatoms. The fraction of sp³-hybridized carbons (Fsp3) is 0.444. The molecule has 1 N–H and O–H groups in total. The van der Waals surface area contributed by atoms with Gasteiger partial charge in [-0.15, -0.1) is 0 Å². The lowest BCUT2D eigenvalue weighted by atomic mass is 9.71. The summed E-state index contributed by atoms with van der Waals surface area (Å²) in [7, 11) is 0. The van der Waals surface area contributed by atoms with E-state index in [2.05, 4.69) is 5.32 Å². The number of carbonyl (C=O) groups excluding carboxylic acids is 2. The molecule has 2 heterocycles. The molecule has 0 aromatic heterocycles. The number of benzene rings is 1. The molecule has 0 bridgehead atoms. The summed E-state index contributed by atoms with van der Waals surface area (Å²) in [4.78, 5) is 26.8. The van der Waals surface area contributed by atoms with E-state index in [4.69, 9.17) is 0 Å². The van der Waals surface area contributed by atoms with Crippen molar-refractivity contribution in [2.75, 3.05) is 18.0 Å². The molecule has 3 rings (SSSR count). The van der Waals surface area contributed by atoms with Crippen LogP contribution >= 0.6 is 0 Å². The van der Waals surface area contributed by atoms with E-state index in [1.165, 1.54) is 0 Å². The fourth-order valence-electron chi connectivity index (χ4n) is 4.19. The zero-order chi connectivity index (χ0) is 15.9. The summed E-state index contributed by atoms with van der Waals surface area (Å²) < 4.78 is 0. The number of hydrogen-bond acceptors (Lipinski definition) is 3. The van der Waals surface area contributed by atoms with Crippen LogP contribution in [0, 0.1) is 0 Å². The molecule has 0 saturated carbocycles. The average Bonchev–Trinajstić information content (AvgIpc) is 2.47. The van der Waals surface area contributed by atoms with Crippen molar-refractivity contribution >= 4 is 23.0 Å².